The monoisotopic (exact) mass is 356 g/mol. The summed E-state index contributed by atoms with van der Waals surface area (Å²) in [5.41, 5.74) is -0.494. The van der Waals surface area contributed by atoms with Crippen LogP contribution in [-0.2, 0) is 14.2 Å². The highest BCUT2D eigenvalue weighted by atomic mass is 19.1. The molecule has 1 aromatic carbocycles. The summed E-state index contributed by atoms with van der Waals surface area (Å²) in [6.07, 6.45) is 1.22. The molecule has 1 aromatic rings. The van der Waals surface area contributed by atoms with Gasteiger partial charge in [0.2, 0.25) is 0 Å². The summed E-state index contributed by atoms with van der Waals surface area (Å²) in [5.74, 6) is 0.0516. The van der Waals surface area contributed by atoms with Crippen molar-refractivity contribution in [3.05, 3.63) is 29.6 Å². The predicted molar refractivity (Wildman–Crippen MR) is 89.1 cm³/mol. The average Bonchev–Trinajstić information content (AvgIpc) is 2.64. The first-order valence-corrected chi connectivity index (χ1v) is 9.00. The molecule has 2 aliphatic heterocycles. The molecule has 2 unspecified atom stereocenters. The van der Waals surface area contributed by atoms with Gasteiger partial charge >= 0.3 is 0 Å². The Hall–Kier alpha value is -1.24. The smallest absolute Gasteiger partial charge is 0.183 e. The van der Waals surface area contributed by atoms with Crippen LogP contribution >= 0.6 is 0 Å². The van der Waals surface area contributed by atoms with Gasteiger partial charge in [0.05, 0.1) is 26.4 Å². The second-order valence-electron chi connectivity index (χ2n) is 6.76. The van der Waals surface area contributed by atoms with E-state index in [2.05, 4.69) is 0 Å². The maximum absolute atomic E-state index is 14.1. The first-order valence-electron chi connectivity index (χ1n) is 9.00. The molecule has 25 heavy (non-hydrogen) atoms. The van der Waals surface area contributed by atoms with Crippen LogP contribution in [0.3, 0.4) is 0 Å². The molecule has 2 fully saturated rings. The Kier molecular flexibility index (Phi) is 5.92. The van der Waals surface area contributed by atoms with Crippen LogP contribution in [0.2, 0.25) is 0 Å². The number of benzene rings is 1. The van der Waals surface area contributed by atoms with E-state index in [9.17, 15) is 8.78 Å². The third-order valence-corrected chi connectivity index (χ3v) is 4.99. The van der Waals surface area contributed by atoms with Crippen LogP contribution in [0, 0.1) is 5.82 Å². The van der Waals surface area contributed by atoms with E-state index in [1.807, 2.05) is 13.0 Å². The molecule has 3 rings (SSSR count). The number of hydrogen-bond acceptors (Lipinski definition) is 4. The molecule has 6 heteroatoms. The van der Waals surface area contributed by atoms with Crippen LogP contribution in [0.4, 0.5) is 8.78 Å². The van der Waals surface area contributed by atoms with E-state index in [4.69, 9.17) is 18.9 Å². The van der Waals surface area contributed by atoms with Crippen LogP contribution < -0.4 is 4.74 Å². The fourth-order valence-electron chi connectivity index (χ4n) is 3.26. The molecule has 0 bridgehead atoms. The van der Waals surface area contributed by atoms with Gasteiger partial charge in [0.15, 0.2) is 23.5 Å². The van der Waals surface area contributed by atoms with Gasteiger partial charge in [-0.2, -0.15) is 0 Å². The minimum absolute atomic E-state index is 0.0432. The van der Waals surface area contributed by atoms with E-state index < -0.39 is 12.0 Å². The number of alkyl halides is 1. The number of ether oxygens (including phenoxy) is 4. The van der Waals surface area contributed by atoms with Crippen molar-refractivity contribution >= 4 is 0 Å². The highest BCUT2D eigenvalue weighted by molar-refractivity contribution is 5.31. The topological polar surface area (TPSA) is 36.9 Å². The molecule has 2 saturated heterocycles. The highest BCUT2D eigenvalue weighted by Gasteiger charge is 2.40. The number of rotatable bonds is 5. The van der Waals surface area contributed by atoms with E-state index in [1.54, 1.807) is 13.0 Å². The van der Waals surface area contributed by atoms with Crippen molar-refractivity contribution in [2.75, 3.05) is 26.4 Å². The van der Waals surface area contributed by atoms with Crippen LogP contribution in [0.25, 0.3) is 0 Å². The molecule has 2 atom stereocenters. The third-order valence-electron chi connectivity index (χ3n) is 4.99. The normalized spacial score (nSPS) is 33.2. The fourth-order valence-corrected chi connectivity index (χ4v) is 3.26. The van der Waals surface area contributed by atoms with Gasteiger partial charge in [0.25, 0.3) is 0 Å². The van der Waals surface area contributed by atoms with Gasteiger partial charge in [-0.25, -0.2) is 8.78 Å². The molecule has 4 nitrogen and oxygen atoms in total. The largest absolute Gasteiger partial charge is 0.491 e. The average molecular weight is 356 g/mol. The minimum Gasteiger partial charge on any atom is -0.491 e. The zero-order valence-corrected chi connectivity index (χ0v) is 14.8. The van der Waals surface area contributed by atoms with Gasteiger partial charge in [-0.05, 0) is 43.9 Å². The number of hydrogen-bond donors (Lipinski definition) is 0. The van der Waals surface area contributed by atoms with E-state index >= 15 is 0 Å². The quantitative estimate of drug-likeness (QED) is 0.800. The molecule has 0 aromatic heterocycles. The van der Waals surface area contributed by atoms with E-state index in [0.29, 0.717) is 19.6 Å². The zero-order chi connectivity index (χ0) is 17.9. The maximum atomic E-state index is 14.1. The predicted octanol–water partition coefficient (Wildman–Crippen LogP) is 3.98. The minimum atomic E-state index is -1.40. The first kappa shape index (κ1) is 18.5. The van der Waals surface area contributed by atoms with Gasteiger partial charge in [0, 0.05) is 5.92 Å². The summed E-state index contributed by atoms with van der Waals surface area (Å²) in [7, 11) is 0. The lowest BCUT2D eigenvalue weighted by molar-refractivity contribution is -0.277. The maximum Gasteiger partial charge on any atom is 0.183 e. The van der Waals surface area contributed by atoms with Crippen molar-refractivity contribution in [3.8, 4) is 5.75 Å². The standard InChI is InChI=1S/C19H26F2O4/c1-3-19(21)11-24-18(25-12-19)17-8-6-14(10-23-17)13-5-7-16(22-4-2)15(20)9-13/h5,7,9,14,17-18H,3-4,6,8,10-12H2,1-2H3. The fraction of sp³-hybridized carbons (Fsp3) is 0.684. The highest BCUT2D eigenvalue weighted by Crippen LogP contribution is 2.34. The lowest BCUT2D eigenvalue weighted by Crippen LogP contribution is -2.49. The second kappa shape index (κ2) is 7.98. The van der Waals surface area contributed by atoms with Crippen LogP contribution in [0.1, 0.15) is 44.6 Å². The first-order chi connectivity index (χ1) is 12.0. The molecular formula is C19H26F2O4. The molecule has 0 N–H and O–H groups in total. The van der Waals surface area contributed by atoms with Gasteiger partial charge in [-0.3, -0.25) is 0 Å². The van der Waals surface area contributed by atoms with Crippen molar-refractivity contribution in [1.82, 2.24) is 0 Å². The Morgan fingerprint density at radius 2 is 1.92 bits per heavy atom. The second-order valence-corrected chi connectivity index (χ2v) is 6.76. The molecular weight excluding hydrogens is 330 g/mol. The molecule has 140 valence electrons. The molecule has 0 spiro atoms. The van der Waals surface area contributed by atoms with Gasteiger partial charge < -0.3 is 18.9 Å². The van der Waals surface area contributed by atoms with Gasteiger partial charge in [-0.1, -0.05) is 13.0 Å². The summed E-state index contributed by atoms with van der Waals surface area (Å²) in [5, 5.41) is 0. The van der Waals surface area contributed by atoms with Crippen LogP contribution in [0.15, 0.2) is 18.2 Å². The number of halogens is 2. The molecule has 0 aliphatic carbocycles. The van der Waals surface area contributed by atoms with Crippen molar-refractivity contribution in [3.63, 3.8) is 0 Å². The lowest BCUT2D eigenvalue weighted by atomic mass is 9.91. The summed E-state index contributed by atoms with van der Waals surface area (Å²) in [6, 6.07) is 5.07. The summed E-state index contributed by atoms with van der Waals surface area (Å²) < 4.78 is 50.3. The summed E-state index contributed by atoms with van der Waals surface area (Å²) in [4.78, 5) is 0. The lowest BCUT2D eigenvalue weighted by Gasteiger charge is -2.39. The van der Waals surface area contributed by atoms with Gasteiger partial charge in [-0.15, -0.1) is 0 Å². The summed E-state index contributed by atoms with van der Waals surface area (Å²) >= 11 is 0. The molecule has 0 saturated carbocycles. The van der Waals surface area contributed by atoms with E-state index in [0.717, 1.165) is 18.4 Å². The Labute approximate surface area is 147 Å². The Bertz CT molecular complexity index is 565. The Morgan fingerprint density at radius 1 is 1.16 bits per heavy atom. The van der Waals surface area contributed by atoms with E-state index in [1.165, 1.54) is 6.07 Å². The third kappa shape index (κ3) is 4.30. The van der Waals surface area contributed by atoms with Crippen molar-refractivity contribution < 1.29 is 27.7 Å². The zero-order valence-electron chi connectivity index (χ0n) is 14.8. The molecule has 0 radical (unpaired) electrons. The van der Waals surface area contributed by atoms with Crippen LogP contribution in [-0.4, -0.2) is 44.5 Å². The Morgan fingerprint density at radius 3 is 2.48 bits per heavy atom. The van der Waals surface area contributed by atoms with E-state index in [-0.39, 0.29) is 36.8 Å². The summed E-state index contributed by atoms with van der Waals surface area (Å²) in [6.45, 7) is 4.60. The van der Waals surface area contributed by atoms with Crippen molar-refractivity contribution in [2.45, 2.75) is 57.1 Å². The molecule has 2 aliphatic rings. The van der Waals surface area contributed by atoms with Crippen molar-refractivity contribution in [1.29, 1.82) is 0 Å². The molecule has 0 amide bonds. The SMILES string of the molecule is CCOc1ccc(C2CCC(C3OCC(F)(CC)CO3)OC2)cc1F. The molecule has 2 heterocycles. The van der Waals surface area contributed by atoms with Gasteiger partial charge in [0.1, 0.15) is 6.10 Å². The van der Waals surface area contributed by atoms with Crippen molar-refractivity contribution in [2.24, 2.45) is 0 Å². The van der Waals surface area contributed by atoms with Crippen LogP contribution in [0.5, 0.6) is 5.75 Å². The Balaban J connectivity index is 1.53.